The van der Waals surface area contributed by atoms with Crippen LogP contribution >= 0.6 is 0 Å². The first-order valence-corrected chi connectivity index (χ1v) is 9.24. The number of para-hydroxylation sites is 1. The fourth-order valence-corrected chi connectivity index (χ4v) is 3.45. The van der Waals surface area contributed by atoms with Crippen molar-refractivity contribution in [2.45, 2.75) is 45.6 Å². The van der Waals surface area contributed by atoms with E-state index in [2.05, 4.69) is 48.7 Å². The largest absolute Gasteiger partial charge is 0.352 e. The zero-order valence-corrected chi connectivity index (χ0v) is 15.4. The zero-order chi connectivity index (χ0) is 18.5. The molecule has 0 spiro atoms. The normalized spacial score (nSPS) is 16.1. The summed E-state index contributed by atoms with van der Waals surface area (Å²) in [4.78, 5) is 24.2. The molecule has 0 saturated carbocycles. The second kappa shape index (κ2) is 8.17. The Hall–Kier alpha value is -2.62. The van der Waals surface area contributed by atoms with E-state index in [1.807, 2.05) is 24.3 Å². The Balaban J connectivity index is 1.55. The predicted molar refractivity (Wildman–Crippen MR) is 104 cm³/mol. The van der Waals surface area contributed by atoms with Gasteiger partial charge in [0, 0.05) is 31.0 Å². The van der Waals surface area contributed by atoms with E-state index >= 15 is 0 Å². The molecule has 1 aliphatic heterocycles. The number of hydrogen-bond donors (Lipinski definition) is 2. The molecular weight excluding hydrogens is 324 g/mol. The highest BCUT2D eigenvalue weighted by Crippen LogP contribution is 2.34. The Morgan fingerprint density at radius 1 is 1.12 bits per heavy atom. The highest BCUT2D eigenvalue weighted by Gasteiger charge is 2.26. The first-order chi connectivity index (χ1) is 12.5. The van der Waals surface area contributed by atoms with E-state index in [1.165, 1.54) is 5.56 Å². The van der Waals surface area contributed by atoms with Crippen LogP contribution in [-0.4, -0.2) is 11.8 Å². The Morgan fingerprint density at radius 3 is 2.54 bits per heavy atom. The van der Waals surface area contributed by atoms with Crippen molar-refractivity contribution in [2.75, 3.05) is 5.32 Å². The molecule has 3 rings (SSSR count). The number of benzene rings is 2. The first-order valence-electron chi connectivity index (χ1n) is 9.24. The van der Waals surface area contributed by atoms with Gasteiger partial charge in [-0.2, -0.15) is 0 Å². The topological polar surface area (TPSA) is 58.2 Å². The molecule has 0 fully saturated rings. The van der Waals surface area contributed by atoms with Crippen molar-refractivity contribution in [1.29, 1.82) is 0 Å². The van der Waals surface area contributed by atoms with Crippen molar-refractivity contribution in [3.63, 3.8) is 0 Å². The van der Waals surface area contributed by atoms with E-state index in [4.69, 9.17) is 0 Å². The number of anilines is 1. The fraction of sp³-hybridized carbons (Fsp3) is 0.364. The fourth-order valence-electron chi connectivity index (χ4n) is 3.45. The van der Waals surface area contributed by atoms with E-state index < -0.39 is 0 Å². The van der Waals surface area contributed by atoms with Gasteiger partial charge in [-0.25, -0.2) is 0 Å². The van der Waals surface area contributed by atoms with Gasteiger partial charge in [-0.1, -0.05) is 56.3 Å². The minimum Gasteiger partial charge on any atom is -0.352 e. The van der Waals surface area contributed by atoms with Gasteiger partial charge in [0.1, 0.15) is 0 Å². The number of amides is 2. The van der Waals surface area contributed by atoms with Crippen LogP contribution in [0.25, 0.3) is 0 Å². The maximum Gasteiger partial charge on any atom is 0.225 e. The average Bonchev–Trinajstić information content (AvgIpc) is 2.60. The van der Waals surface area contributed by atoms with Gasteiger partial charge in [-0.15, -0.1) is 0 Å². The minimum atomic E-state index is -0.0617. The van der Waals surface area contributed by atoms with Crippen LogP contribution in [0.15, 0.2) is 48.5 Å². The Morgan fingerprint density at radius 2 is 1.81 bits per heavy atom. The molecule has 2 aromatic rings. The molecule has 4 heteroatoms. The Kier molecular flexibility index (Phi) is 5.71. The SMILES string of the molecule is CC(C)Cc1ccc(CNC(=O)CC2CC(=O)Nc3ccccc32)cc1. The highest BCUT2D eigenvalue weighted by molar-refractivity contribution is 5.95. The van der Waals surface area contributed by atoms with E-state index in [-0.39, 0.29) is 17.7 Å². The highest BCUT2D eigenvalue weighted by atomic mass is 16.2. The van der Waals surface area contributed by atoms with Crippen molar-refractivity contribution >= 4 is 17.5 Å². The van der Waals surface area contributed by atoms with Crippen LogP contribution in [0.1, 0.15) is 49.3 Å². The molecule has 1 unspecified atom stereocenters. The summed E-state index contributed by atoms with van der Waals surface area (Å²) >= 11 is 0. The second-order valence-electron chi connectivity index (χ2n) is 7.43. The molecule has 1 atom stereocenters. The smallest absolute Gasteiger partial charge is 0.225 e. The van der Waals surface area contributed by atoms with Gasteiger partial charge < -0.3 is 10.6 Å². The summed E-state index contributed by atoms with van der Waals surface area (Å²) in [7, 11) is 0. The van der Waals surface area contributed by atoms with E-state index in [0.29, 0.717) is 25.3 Å². The van der Waals surface area contributed by atoms with Crippen molar-refractivity contribution in [1.82, 2.24) is 5.32 Å². The molecule has 4 nitrogen and oxygen atoms in total. The van der Waals surface area contributed by atoms with Crippen LogP contribution in [0.2, 0.25) is 0 Å². The van der Waals surface area contributed by atoms with Crippen LogP contribution in [0.4, 0.5) is 5.69 Å². The van der Waals surface area contributed by atoms with Crippen molar-refractivity contribution in [3.8, 4) is 0 Å². The van der Waals surface area contributed by atoms with Crippen LogP contribution in [0, 0.1) is 5.92 Å². The summed E-state index contributed by atoms with van der Waals surface area (Å²) in [5.74, 6) is 0.525. The number of carbonyl (C=O) groups is 2. The maximum atomic E-state index is 12.4. The summed E-state index contributed by atoms with van der Waals surface area (Å²) in [6, 6.07) is 16.1. The molecule has 0 aromatic heterocycles. The van der Waals surface area contributed by atoms with Gasteiger partial charge in [0.25, 0.3) is 0 Å². The number of rotatable bonds is 6. The van der Waals surface area contributed by atoms with E-state index in [1.54, 1.807) is 0 Å². The molecule has 2 N–H and O–H groups in total. The molecule has 1 aliphatic rings. The molecule has 0 radical (unpaired) electrons. The standard InChI is InChI=1S/C22H26N2O2/c1-15(2)11-16-7-9-17(10-8-16)14-23-21(25)12-18-13-22(26)24-20-6-4-3-5-19(18)20/h3-10,15,18H,11-14H2,1-2H3,(H,23,25)(H,24,26). The van der Waals surface area contributed by atoms with Crippen LogP contribution in [0.3, 0.4) is 0 Å². The molecule has 2 aromatic carbocycles. The maximum absolute atomic E-state index is 12.4. The van der Waals surface area contributed by atoms with Gasteiger partial charge >= 0.3 is 0 Å². The third-order valence-corrected chi connectivity index (χ3v) is 4.69. The first kappa shape index (κ1) is 18.2. The summed E-state index contributed by atoms with van der Waals surface area (Å²) in [5, 5.41) is 5.85. The van der Waals surface area contributed by atoms with Gasteiger partial charge in [-0.3, -0.25) is 9.59 Å². The van der Waals surface area contributed by atoms with Gasteiger partial charge in [0.15, 0.2) is 0 Å². The second-order valence-corrected chi connectivity index (χ2v) is 7.43. The quantitative estimate of drug-likeness (QED) is 0.827. The number of fused-ring (bicyclic) bond motifs is 1. The molecule has 0 saturated heterocycles. The van der Waals surface area contributed by atoms with Crippen molar-refractivity contribution in [3.05, 3.63) is 65.2 Å². The molecule has 1 heterocycles. The van der Waals surface area contributed by atoms with Gasteiger partial charge in [-0.05, 0) is 35.1 Å². The van der Waals surface area contributed by atoms with Crippen LogP contribution < -0.4 is 10.6 Å². The molecular formula is C22H26N2O2. The van der Waals surface area contributed by atoms with Crippen molar-refractivity contribution < 1.29 is 9.59 Å². The number of nitrogens with one attached hydrogen (secondary N) is 2. The van der Waals surface area contributed by atoms with Crippen LogP contribution in [0.5, 0.6) is 0 Å². The van der Waals surface area contributed by atoms with Gasteiger partial charge in [0.2, 0.25) is 11.8 Å². The predicted octanol–water partition coefficient (Wildman–Crippen LogP) is 4.02. The summed E-state index contributed by atoms with van der Waals surface area (Å²) < 4.78 is 0. The lowest BCUT2D eigenvalue weighted by molar-refractivity contribution is -0.122. The van der Waals surface area contributed by atoms with E-state index in [9.17, 15) is 9.59 Å². The Labute approximate surface area is 155 Å². The van der Waals surface area contributed by atoms with E-state index in [0.717, 1.165) is 23.2 Å². The number of carbonyl (C=O) groups excluding carboxylic acids is 2. The average molecular weight is 350 g/mol. The molecule has 0 bridgehead atoms. The lowest BCUT2D eigenvalue weighted by Crippen LogP contribution is -2.29. The van der Waals surface area contributed by atoms with Crippen molar-refractivity contribution in [2.24, 2.45) is 5.92 Å². The summed E-state index contributed by atoms with van der Waals surface area (Å²) in [6.07, 6.45) is 1.75. The molecule has 2 amide bonds. The van der Waals surface area contributed by atoms with Crippen LogP contribution in [-0.2, 0) is 22.6 Å². The minimum absolute atomic E-state index is 0.0224. The lowest BCUT2D eigenvalue weighted by Gasteiger charge is -2.25. The van der Waals surface area contributed by atoms with Gasteiger partial charge in [0.05, 0.1) is 0 Å². The third-order valence-electron chi connectivity index (χ3n) is 4.69. The zero-order valence-electron chi connectivity index (χ0n) is 15.4. The monoisotopic (exact) mass is 350 g/mol. The molecule has 0 aliphatic carbocycles. The number of hydrogen-bond acceptors (Lipinski definition) is 2. The third kappa shape index (κ3) is 4.72. The molecule has 26 heavy (non-hydrogen) atoms. The lowest BCUT2D eigenvalue weighted by atomic mass is 9.88. The molecule has 136 valence electrons. The summed E-state index contributed by atoms with van der Waals surface area (Å²) in [5.41, 5.74) is 4.27. The Bertz CT molecular complexity index is 781. The summed E-state index contributed by atoms with van der Waals surface area (Å²) in [6.45, 7) is 4.93.